The first-order valence-corrected chi connectivity index (χ1v) is 9.30. The summed E-state index contributed by atoms with van der Waals surface area (Å²) < 4.78 is 6.82. The van der Waals surface area contributed by atoms with E-state index in [9.17, 15) is 9.59 Å². The van der Waals surface area contributed by atoms with E-state index in [1.165, 1.54) is 0 Å². The molecule has 0 spiro atoms. The third-order valence-corrected chi connectivity index (χ3v) is 5.17. The Morgan fingerprint density at radius 2 is 1.48 bits per heavy atom. The molecule has 0 aliphatic rings. The zero-order valence-electron chi connectivity index (χ0n) is 15.7. The Morgan fingerprint density at radius 1 is 0.862 bits per heavy atom. The molecule has 5 rings (SSSR count). The minimum atomic E-state index is -0.446. The molecule has 0 fully saturated rings. The number of carbonyl (C=O) groups is 1. The van der Waals surface area contributed by atoms with Gasteiger partial charge in [0.2, 0.25) is 5.52 Å². The number of hydrogen-bond acceptors (Lipinski definition) is 3. The highest BCUT2D eigenvalue weighted by Gasteiger charge is 2.29. The molecule has 0 saturated carbocycles. The van der Waals surface area contributed by atoms with Crippen molar-refractivity contribution in [3.8, 4) is 22.3 Å². The molecule has 0 aliphatic heterocycles. The number of aromatic nitrogens is 2. The third kappa shape index (κ3) is 2.67. The maximum absolute atomic E-state index is 12.7. The topological polar surface area (TPSA) is 67.2 Å². The van der Waals surface area contributed by atoms with Crippen LogP contribution in [-0.2, 0) is 0 Å². The standard InChI is InChI=1S/C24H16N2O3/c1-15(27)18-12-13-20-19(14-18)21(16-8-4-2-5-9-16)22(17-10-6-3-7-11-17)23-24(28)29-25-26(20)23/h2-14H,1H3/p+1. The number of aromatic amines is 1. The average molecular weight is 381 g/mol. The number of pyridine rings is 1. The number of fused-ring (bicyclic) bond motifs is 3. The van der Waals surface area contributed by atoms with Gasteiger partial charge in [0.25, 0.3) is 0 Å². The van der Waals surface area contributed by atoms with Gasteiger partial charge in [-0.25, -0.2) is 4.79 Å². The van der Waals surface area contributed by atoms with Crippen LogP contribution in [-0.4, -0.2) is 11.1 Å². The van der Waals surface area contributed by atoms with Crippen molar-refractivity contribution in [2.75, 3.05) is 0 Å². The summed E-state index contributed by atoms with van der Waals surface area (Å²) in [6, 6.07) is 25.1. The Hall–Kier alpha value is -3.99. The molecule has 0 unspecified atom stereocenters. The molecule has 5 aromatic rings. The van der Waals surface area contributed by atoms with Gasteiger partial charge in [-0.3, -0.25) is 9.32 Å². The zero-order chi connectivity index (χ0) is 20.0. The van der Waals surface area contributed by atoms with Crippen LogP contribution in [0.2, 0.25) is 0 Å². The fourth-order valence-electron chi connectivity index (χ4n) is 3.85. The van der Waals surface area contributed by atoms with Crippen LogP contribution in [0.4, 0.5) is 0 Å². The summed E-state index contributed by atoms with van der Waals surface area (Å²) >= 11 is 0. The van der Waals surface area contributed by atoms with Crippen molar-refractivity contribution >= 4 is 22.2 Å². The van der Waals surface area contributed by atoms with Crippen molar-refractivity contribution in [2.24, 2.45) is 0 Å². The molecular formula is C24H17N2O3+. The second-order valence-electron chi connectivity index (χ2n) is 6.93. The lowest BCUT2D eigenvalue weighted by Crippen LogP contribution is -2.27. The van der Waals surface area contributed by atoms with E-state index in [0.29, 0.717) is 11.1 Å². The summed E-state index contributed by atoms with van der Waals surface area (Å²) in [5.74, 6) is -0.0158. The lowest BCUT2D eigenvalue weighted by molar-refractivity contribution is -0.567. The van der Waals surface area contributed by atoms with Crippen molar-refractivity contribution in [1.82, 2.24) is 5.27 Å². The summed E-state index contributed by atoms with van der Waals surface area (Å²) in [6.07, 6.45) is 0. The van der Waals surface area contributed by atoms with Gasteiger partial charge in [-0.1, -0.05) is 60.7 Å². The van der Waals surface area contributed by atoms with Crippen molar-refractivity contribution < 1.29 is 13.8 Å². The van der Waals surface area contributed by atoms with Gasteiger partial charge < -0.3 is 0 Å². The number of hydrogen-bond donors (Lipinski definition) is 1. The summed E-state index contributed by atoms with van der Waals surface area (Å²) in [6.45, 7) is 1.55. The van der Waals surface area contributed by atoms with Crippen LogP contribution >= 0.6 is 0 Å². The van der Waals surface area contributed by atoms with Gasteiger partial charge in [0, 0.05) is 17.2 Å². The average Bonchev–Trinajstić information content (AvgIpc) is 3.15. The van der Waals surface area contributed by atoms with E-state index >= 15 is 0 Å². The molecule has 29 heavy (non-hydrogen) atoms. The first-order chi connectivity index (χ1) is 14.1. The Bertz CT molecular complexity index is 1430. The predicted octanol–water partition coefficient (Wildman–Crippen LogP) is 4.40. The van der Waals surface area contributed by atoms with Crippen LogP contribution in [0.1, 0.15) is 17.3 Å². The summed E-state index contributed by atoms with van der Waals surface area (Å²) in [5.41, 5.74) is 4.86. The molecule has 1 N–H and O–H groups in total. The molecule has 3 aromatic carbocycles. The summed E-state index contributed by atoms with van der Waals surface area (Å²) in [4.78, 5) is 24.8. The largest absolute Gasteiger partial charge is 0.435 e. The van der Waals surface area contributed by atoms with Gasteiger partial charge >= 0.3 is 11.1 Å². The van der Waals surface area contributed by atoms with Gasteiger partial charge in [-0.15, -0.1) is 0 Å². The van der Waals surface area contributed by atoms with Gasteiger partial charge in [0.05, 0.1) is 10.9 Å². The Balaban J connectivity index is 2.08. The first kappa shape index (κ1) is 17.1. The van der Waals surface area contributed by atoms with Crippen molar-refractivity contribution in [3.05, 3.63) is 94.8 Å². The Labute approximate surface area is 165 Å². The highest BCUT2D eigenvalue weighted by molar-refractivity contribution is 6.07. The zero-order valence-corrected chi connectivity index (χ0v) is 15.7. The fraction of sp³-hybridized carbons (Fsp3) is 0.0417. The van der Waals surface area contributed by atoms with Crippen LogP contribution < -0.4 is 10.1 Å². The molecule has 0 atom stereocenters. The van der Waals surface area contributed by atoms with E-state index in [-0.39, 0.29) is 5.78 Å². The maximum atomic E-state index is 12.7. The van der Waals surface area contributed by atoms with Crippen LogP contribution in [0, 0.1) is 0 Å². The molecule has 2 aromatic heterocycles. The number of Topliss-reactive ketones (excluding diaryl/α,β-unsaturated/α-hetero) is 1. The SMILES string of the molecule is CC(=O)c1ccc2c(c1)c(-c1ccccc1)c(-c1ccccc1)c1c(=O)o[nH][n+]12. The number of benzene rings is 3. The summed E-state index contributed by atoms with van der Waals surface area (Å²) in [5, 5.41) is 3.57. The quantitative estimate of drug-likeness (QED) is 0.372. The van der Waals surface area contributed by atoms with Crippen LogP contribution in [0.25, 0.3) is 38.7 Å². The molecule has 0 saturated heterocycles. The van der Waals surface area contributed by atoms with E-state index in [1.54, 1.807) is 17.5 Å². The van der Waals surface area contributed by atoms with Gasteiger partial charge in [-0.05, 0) is 40.0 Å². The van der Waals surface area contributed by atoms with E-state index in [0.717, 1.165) is 33.2 Å². The minimum absolute atomic E-state index is 0.0158. The van der Waals surface area contributed by atoms with Crippen molar-refractivity contribution in [1.29, 1.82) is 0 Å². The number of nitrogens with zero attached hydrogens (tertiary/aromatic N) is 1. The molecule has 0 amide bonds. The molecule has 0 aliphatic carbocycles. The van der Waals surface area contributed by atoms with E-state index in [2.05, 4.69) is 5.27 Å². The van der Waals surface area contributed by atoms with Crippen LogP contribution in [0.3, 0.4) is 0 Å². The van der Waals surface area contributed by atoms with E-state index in [1.807, 2.05) is 72.8 Å². The van der Waals surface area contributed by atoms with E-state index < -0.39 is 5.63 Å². The second kappa shape index (κ2) is 6.56. The lowest BCUT2D eigenvalue weighted by atomic mass is 9.90. The normalized spacial score (nSPS) is 11.2. The van der Waals surface area contributed by atoms with Crippen LogP contribution in [0.15, 0.2) is 88.2 Å². The molecule has 140 valence electrons. The Kier molecular flexibility index (Phi) is 3.88. The van der Waals surface area contributed by atoms with Crippen LogP contribution in [0.5, 0.6) is 0 Å². The van der Waals surface area contributed by atoms with Crippen molar-refractivity contribution in [3.63, 3.8) is 0 Å². The second-order valence-corrected chi connectivity index (χ2v) is 6.93. The molecule has 5 heteroatoms. The molecule has 2 heterocycles. The van der Waals surface area contributed by atoms with E-state index in [4.69, 9.17) is 4.52 Å². The monoisotopic (exact) mass is 381 g/mol. The molecule has 0 bridgehead atoms. The van der Waals surface area contributed by atoms with Crippen molar-refractivity contribution in [2.45, 2.75) is 6.92 Å². The number of nitrogens with one attached hydrogen (secondary N) is 1. The van der Waals surface area contributed by atoms with Gasteiger partial charge in [-0.2, -0.15) is 0 Å². The molecular weight excluding hydrogens is 364 g/mol. The Morgan fingerprint density at radius 3 is 2.10 bits per heavy atom. The molecule has 5 nitrogen and oxygen atoms in total. The summed E-state index contributed by atoms with van der Waals surface area (Å²) in [7, 11) is 0. The molecule has 0 radical (unpaired) electrons. The predicted molar refractivity (Wildman–Crippen MR) is 111 cm³/mol. The highest BCUT2D eigenvalue weighted by atomic mass is 16.5. The first-order valence-electron chi connectivity index (χ1n) is 9.30. The van der Waals surface area contributed by atoms with Gasteiger partial charge in [0.1, 0.15) is 0 Å². The highest BCUT2D eigenvalue weighted by Crippen LogP contribution is 2.38. The fourth-order valence-corrected chi connectivity index (χ4v) is 3.85. The lowest BCUT2D eigenvalue weighted by Gasteiger charge is -2.11. The number of ketones is 1. The number of H-pyrrole nitrogens is 1. The minimum Gasteiger partial charge on any atom is -0.295 e. The number of rotatable bonds is 3. The maximum Gasteiger partial charge on any atom is 0.435 e. The third-order valence-electron chi connectivity index (χ3n) is 5.17. The smallest absolute Gasteiger partial charge is 0.295 e. The van der Waals surface area contributed by atoms with Gasteiger partial charge in [0.15, 0.2) is 5.78 Å². The number of carbonyl (C=O) groups excluding carboxylic acids is 1.